The van der Waals surface area contributed by atoms with E-state index in [4.69, 9.17) is 10.5 Å². The van der Waals surface area contributed by atoms with E-state index in [9.17, 15) is 4.79 Å². The van der Waals surface area contributed by atoms with Gasteiger partial charge in [-0.25, -0.2) is 0 Å². The van der Waals surface area contributed by atoms with Crippen LogP contribution in [-0.2, 0) is 9.53 Å². The molecule has 2 N–H and O–H groups in total. The van der Waals surface area contributed by atoms with Crippen LogP contribution in [0.5, 0.6) is 0 Å². The molecular formula is C16H25ClN2O2. The van der Waals surface area contributed by atoms with E-state index >= 15 is 0 Å². The molecule has 1 aromatic rings. The molecule has 1 amide bonds. The predicted octanol–water partition coefficient (Wildman–Crippen LogP) is 2.38. The molecule has 0 aromatic heterocycles. The molecule has 0 saturated carbocycles. The summed E-state index contributed by atoms with van der Waals surface area (Å²) in [5.74, 6) is 0.582. The molecule has 4 nitrogen and oxygen atoms in total. The van der Waals surface area contributed by atoms with Crippen LogP contribution in [0, 0.1) is 5.92 Å². The first-order valence-electron chi connectivity index (χ1n) is 7.25. The van der Waals surface area contributed by atoms with Gasteiger partial charge in [0, 0.05) is 26.2 Å². The van der Waals surface area contributed by atoms with Crippen molar-refractivity contribution in [3.05, 3.63) is 35.9 Å². The average molecular weight is 313 g/mol. The van der Waals surface area contributed by atoms with Crippen molar-refractivity contribution in [3.63, 3.8) is 0 Å². The van der Waals surface area contributed by atoms with E-state index in [1.807, 2.05) is 42.2 Å². The zero-order valence-electron chi connectivity index (χ0n) is 12.7. The summed E-state index contributed by atoms with van der Waals surface area (Å²) in [6.07, 6.45) is 1.46. The van der Waals surface area contributed by atoms with Gasteiger partial charge in [0.1, 0.15) is 0 Å². The molecule has 2 unspecified atom stereocenters. The molecule has 1 aliphatic heterocycles. The van der Waals surface area contributed by atoms with Crippen LogP contribution in [0.25, 0.3) is 0 Å². The SMILES string of the molecule is COC(C(=O)N1CCC(C(C)N)CC1)c1ccccc1.Cl. The van der Waals surface area contributed by atoms with E-state index < -0.39 is 6.10 Å². The lowest BCUT2D eigenvalue weighted by molar-refractivity contribution is -0.144. The third-order valence-corrected chi connectivity index (χ3v) is 4.16. The van der Waals surface area contributed by atoms with Crippen molar-refractivity contribution >= 4 is 18.3 Å². The Balaban J connectivity index is 0.00000220. The summed E-state index contributed by atoms with van der Waals surface area (Å²) in [4.78, 5) is 14.5. The van der Waals surface area contributed by atoms with Crippen LogP contribution in [0.4, 0.5) is 0 Å². The van der Waals surface area contributed by atoms with Gasteiger partial charge in [0.2, 0.25) is 0 Å². The number of halogens is 1. The largest absolute Gasteiger partial charge is 0.367 e. The Morgan fingerprint density at radius 2 is 1.86 bits per heavy atom. The minimum absolute atomic E-state index is 0. The van der Waals surface area contributed by atoms with E-state index in [1.165, 1.54) is 0 Å². The van der Waals surface area contributed by atoms with Gasteiger partial charge in [0.05, 0.1) is 0 Å². The number of likely N-dealkylation sites (tertiary alicyclic amines) is 1. The van der Waals surface area contributed by atoms with Gasteiger partial charge < -0.3 is 15.4 Å². The van der Waals surface area contributed by atoms with Crippen LogP contribution in [0.1, 0.15) is 31.4 Å². The maximum atomic E-state index is 12.6. The molecule has 1 aromatic carbocycles. The monoisotopic (exact) mass is 312 g/mol. The molecule has 1 aliphatic rings. The highest BCUT2D eigenvalue weighted by Gasteiger charge is 2.30. The minimum Gasteiger partial charge on any atom is -0.367 e. The van der Waals surface area contributed by atoms with Crippen molar-refractivity contribution in [2.24, 2.45) is 11.7 Å². The summed E-state index contributed by atoms with van der Waals surface area (Å²) < 4.78 is 5.41. The predicted molar refractivity (Wildman–Crippen MR) is 86.4 cm³/mol. The van der Waals surface area contributed by atoms with E-state index in [2.05, 4.69) is 0 Å². The van der Waals surface area contributed by atoms with Gasteiger partial charge in [-0.05, 0) is 31.2 Å². The van der Waals surface area contributed by atoms with Crippen LogP contribution in [0.2, 0.25) is 0 Å². The number of hydrogen-bond donors (Lipinski definition) is 1. The zero-order valence-corrected chi connectivity index (χ0v) is 13.5. The number of nitrogens with two attached hydrogens (primary N) is 1. The number of carbonyl (C=O) groups is 1. The zero-order chi connectivity index (χ0) is 14.5. The summed E-state index contributed by atoms with van der Waals surface area (Å²) >= 11 is 0. The van der Waals surface area contributed by atoms with Crippen molar-refractivity contribution in [2.75, 3.05) is 20.2 Å². The highest BCUT2D eigenvalue weighted by atomic mass is 35.5. The van der Waals surface area contributed by atoms with Gasteiger partial charge in [-0.3, -0.25) is 4.79 Å². The van der Waals surface area contributed by atoms with Crippen LogP contribution < -0.4 is 5.73 Å². The normalized spacial score (nSPS) is 18.7. The third-order valence-electron chi connectivity index (χ3n) is 4.16. The van der Waals surface area contributed by atoms with E-state index in [-0.39, 0.29) is 24.4 Å². The van der Waals surface area contributed by atoms with Crippen molar-refractivity contribution in [2.45, 2.75) is 31.9 Å². The summed E-state index contributed by atoms with van der Waals surface area (Å²) in [7, 11) is 1.59. The topological polar surface area (TPSA) is 55.6 Å². The third kappa shape index (κ3) is 4.43. The second kappa shape index (κ2) is 8.37. The van der Waals surface area contributed by atoms with Gasteiger partial charge >= 0.3 is 0 Å². The van der Waals surface area contributed by atoms with Crippen molar-refractivity contribution in [1.29, 1.82) is 0 Å². The lowest BCUT2D eigenvalue weighted by atomic mass is 9.90. The molecule has 0 bridgehead atoms. The first-order chi connectivity index (χ1) is 9.63. The molecule has 1 heterocycles. The first-order valence-corrected chi connectivity index (χ1v) is 7.25. The smallest absolute Gasteiger partial charge is 0.256 e. The summed E-state index contributed by atoms with van der Waals surface area (Å²) in [6.45, 7) is 3.60. The maximum absolute atomic E-state index is 12.6. The number of hydrogen-bond acceptors (Lipinski definition) is 3. The van der Waals surface area contributed by atoms with Gasteiger partial charge in [-0.15, -0.1) is 12.4 Å². The Hall–Kier alpha value is -1.10. The summed E-state index contributed by atoms with van der Waals surface area (Å²) in [6, 6.07) is 9.87. The first kappa shape index (κ1) is 18.0. The van der Waals surface area contributed by atoms with Gasteiger partial charge in [0.15, 0.2) is 6.10 Å². The van der Waals surface area contributed by atoms with Crippen LogP contribution in [0.3, 0.4) is 0 Å². The average Bonchev–Trinajstić information content (AvgIpc) is 2.49. The van der Waals surface area contributed by atoms with Gasteiger partial charge in [-0.1, -0.05) is 30.3 Å². The van der Waals surface area contributed by atoms with Crippen molar-refractivity contribution in [1.82, 2.24) is 4.90 Å². The number of carbonyl (C=O) groups excluding carboxylic acids is 1. The van der Waals surface area contributed by atoms with Crippen LogP contribution in [0.15, 0.2) is 30.3 Å². The van der Waals surface area contributed by atoms with E-state index in [1.54, 1.807) is 7.11 Å². The lowest BCUT2D eigenvalue weighted by Gasteiger charge is -2.35. The van der Waals surface area contributed by atoms with Gasteiger partial charge in [0.25, 0.3) is 5.91 Å². The summed E-state index contributed by atoms with van der Waals surface area (Å²) in [5.41, 5.74) is 6.85. The maximum Gasteiger partial charge on any atom is 0.256 e. The molecule has 0 aliphatic carbocycles. The Morgan fingerprint density at radius 1 is 1.29 bits per heavy atom. The fourth-order valence-corrected chi connectivity index (χ4v) is 2.82. The van der Waals surface area contributed by atoms with E-state index in [0.29, 0.717) is 5.92 Å². The quantitative estimate of drug-likeness (QED) is 0.928. The standard InChI is InChI=1S/C16H24N2O2.ClH/c1-12(17)13-8-10-18(11-9-13)16(19)15(20-2)14-6-4-3-5-7-14;/h3-7,12-13,15H,8-11,17H2,1-2H3;1H. The molecule has 5 heteroatoms. The number of amides is 1. The van der Waals surface area contributed by atoms with Crippen molar-refractivity contribution in [3.8, 4) is 0 Å². The van der Waals surface area contributed by atoms with E-state index in [0.717, 1.165) is 31.5 Å². The molecule has 2 atom stereocenters. The van der Waals surface area contributed by atoms with Crippen LogP contribution in [-0.4, -0.2) is 37.0 Å². The lowest BCUT2D eigenvalue weighted by Crippen LogP contribution is -2.44. The molecule has 0 spiro atoms. The number of methoxy groups -OCH3 is 1. The minimum atomic E-state index is -0.497. The number of piperidine rings is 1. The highest BCUT2D eigenvalue weighted by Crippen LogP contribution is 2.24. The number of benzene rings is 1. The van der Waals surface area contributed by atoms with Gasteiger partial charge in [-0.2, -0.15) is 0 Å². The Kier molecular flexibility index (Phi) is 7.15. The van der Waals surface area contributed by atoms with Crippen molar-refractivity contribution < 1.29 is 9.53 Å². The number of rotatable bonds is 4. The molecular weight excluding hydrogens is 288 g/mol. The number of ether oxygens (including phenoxy) is 1. The molecule has 21 heavy (non-hydrogen) atoms. The Labute approximate surface area is 133 Å². The Morgan fingerprint density at radius 3 is 2.33 bits per heavy atom. The Bertz CT molecular complexity index is 431. The highest BCUT2D eigenvalue weighted by molar-refractivity contribution is 5.85. The molecule has 1 fully saturated rings. The molecule has 0 radical (unpaired) electrons. The molecule has 2 rings (SSSR count). The van der Waals surface area contributed by atoms with Crippen LogP contribution >= 0.6 is 12.4 Å². The second-order valence-electron chi connectivity index (χ2n) is 5.55. The fraction of sp³-hybridized carbons (Fsp3) is 0.562. The molecule has 1 saturated heterocycles. The molecule has 118 valence electrons. The fourth-order valence-electron chi connectivity index (χ4n) is 2.82. The second-order valence-corrected chi connectivity index (χ2v) is 5.55. The summed E-state index contributed by atoms with van der Waals surface area (Å²) in [5, 5.41) is 0. The number of nitrogens with zero attached hydrogens (tertiary/aromatic N) is 1.